The zero-order valence-corrected chi connectivity index (χ0v) is 10.1. The average molecular weight is 234 g/mol. The summed E-state index contributed by atoms with van der Waals surface area (Å²) >= 11 is 0. The molecule has 4 heteroatoms. The molecular weight excluding hydrogens is 216 g/mol. The summed E-state index contributed by atoms with van der Waals surface area (Å²) in [7, 11) is 1.78. The van der Waals surface area contributed by atoms with E-state index in [2.05, 4.69) is 10.2 Å². The van der Waals surface area contributed by atoms with Gasteiger partial charge in [0.2, 0.25) is 0 Å². The second-order valence-electron chi connectivity index (χ2n) is 4.10. The molecule has 0 spiro atoms. The molecule has 0 bridgehead atoms. The van der Waals surface area contributed by atoms with Crippen molar-refractivity contribution in [3.8, 4) is 0 Å². The smallest absolute Gasteiger partial charge is 0.176 e. The molecule has 0 saturated carbocycles. The fraction of sp³-hybridized carbons (Fsp3) is 0.462. The Morgan fingerprint density at radius 1 is 1.29 bits per heavy atom. The Balaban J connectivity index is 2.04. The van der Waals surface area contributed by atoms with Crippen LogP contribution in [0.5, 0.6) is 0 Å². The lowest BCUT2D eigenvalue weighted by atomic mass is 10.1. The molecule has 17 heavy (non-hydrogen) atoms. The van der Waals surface area contributed by atoms with Crippen LogP contribution < -0.4 is 10.2 Å². The lowest BCUT2D eigenvalue weighted by Gasteiger charge is -2.28. The van der Waals surface area contributed by atoms with Gasteiger partial charge in [0.1, 0.15) is 0 Å². The quantitative estimate of drug-likeness (QED) is 0.787. The highest BCUT2D eigenvalue weighted by atomic mass is 16.5. The second kappa shape index (κ2) is 5.80. The molecule has 0 aromatic heterocycles. The average Bonchev–Trinajstić information content (AvgIpc) is 2.40. The lowest BCUT2D eigenvalue weighted by Crippen LogP contribution is -2.36. The van der Waals surface area contributed by atoms with Crippen LogP contribution in [-0.2, 0) is 4.74 Å². The van der Waals surface area contributed by atoms with Crippen molar-refractivity contribution in [1.82, 2.24) is 5.32 Å². The minimum absolute atomic E-state index is 0.126. The predicted octanol–water partition coefficient (Wildman–Crippen LogP) is 0.925. The van der Waals surface area contributed by atoms with Gasteiger partial charge in [-0.1, -0.05) is 0 Å². The van der Waals surface area contributed by atoms with Gasteiger partial charge in [-0.15, -0.1) is 0 Å². The first kappa shape index (κ1) is 12.1. The van der Waals surface area contributed by atoms with Crippen molar-refractivity contribution in [2.24, 2.45) is 0 Å². The van der Waals surface area contributed by atoms with Crippen molar-refractivity contribution < 1.29 is 9.53 Å². The van der Waals surface area contributed by atoms with Crippen molar-refractivity contribution in [3.05, 3.63) is 29.8 Å². The standard InChI is InChI=1S/C13H18N2O2/c1-14-10-13(16)11-2-4-12(5-3-11)15-6-8-17-9-7-15/h2-5,14H,6-10H2,1H3. The minimum Gasteiger partial charge on any atom is -0.378 e. The first-order valence-electron chi connectivity index (χ1n) is 5.92. The van der Waals surface area contributed by atoms with Gasteiger partial charge >= 0.3 is 0 Å². The van der Waals surface area contributed by atoms with Crippen molar-refractivity contribution in [3.63, 3.8) is 0 Å². The summed E-state index contributed by atoms with van der Waals surface area (Å²) in [5, 5.41) is 2.87. The van der Waals surface area contributed by atoms with E-state index in [-0.39, 0.29) is 5.78 Å². The zero-order chi connectivity index (χ0) is 12.1. The van der Waals surface area contributed by atoms with Crippen LogP contribution >= 0.6 is 0 Å². The third kappa shape index (κ3) is 3.05. The molecule has 1 aliphatic heterocycles. The fourth-order valence-electron chi connectivity index (χ4n) is 1.94. The Labute approximate surface area is 102 Å². The van der Waals surface area contributed by atoms with Gasteiger partial charge in [-0.25, -0.2) is 0 Å². The van der Waals surface area contributed by atoms with Crippen LogP contribution in [0.15, 0.2) is 24.3 Å². The number of rotatable bonds is 4. The highest BCUT2D eigenvalue weighted by Crippen LogP contribution is 2.16. The van der Waals surface area contributed by atoms with Gasteiger partial charge in [-0.3, -0.25) is 4.79 Å². The van der Waals surface area contributed by atoms with Gasteiger partial charge in [-0.2, -0.15) is 0 Å². The molecule has 1 fully saturated rings. The van der Waals surface area contributed by atoms with Crippen LogP contribution in [0.4, 0.5) is 5.69 Å². The van der Waals surface area contributed by atoms with E-state index in [9.17, 15) is 4.79 Å². The van der Waals surface area contributed by atoms with Gasteiger partial charge < -0.3 is 15.0 Å². The molecule has 0 amide bonds. The van der Waals surface area contributed by atoms with Crippen LogP contribution in [0.1, 0.15) is 10.4 Å². The second-order valence-corrected chi connectivity index (χ2v) is 4.10. The normalized spacial score (nSPS) is 15.9. The third-order valence-electron chi connectivity index (χ3n) is 2.90. The van der Waals surface area contributed by atoms with E-state index in [1.807, 2.05) is 24.3 Å². The first-order chi connectivity index (χ1) is 8.31. The number of morpholine rings is 1. The minimum atomic E-state index is 0.126. The zero-order valence-electron chi connectivity index (χ0n) is 10.1. The van der Waals surface area contributed by atoms with Crippen molar-refractivity contribution in [2.75, 3.05) is 44.8 Å². The lowest BCUT2D eigenvalue weighted by molar-refractivity contribution is 0.0993. The number of likely N-dealkylation sites (N-methyl/N-ethyl adjacent to an activating group) is 1. The Kier molecular flexibility index (Phi) is 4.12. The van der Waals surface area contributed by atoms with Gasteiger partial charge in [0.25, 0.3) is 0 Å². The summed E-state index contributed by atoms with van der Waals surface area (Å²) < 4.78 is 5.31. The summed E-state index contributed by atoms with van der Waals surface area (Å²) in [5.41, 5.74) is 1.92. The molecule has 1 heterocycles. The summed E-state index contributed by atoms with van der Waals surface area (Å²) in [5.74, 6) is 0.126. The molecule has 0 atom stereocenters. The van der Waals surface area contributed by atoms with E-state index in [4.69, 9.17) is 4.74 Å². The van der Waals surface area contributed by atoms with Crippen LogP contribution in [0.25, 0.3) is 0 Å². The van der Waals surface area contributed by atoms with Gasteiger partial charge in [0, 0.05) is 24.3 Å². The van der Waals surface area contributed by atoms with E-state index in [0.29, 0.717) is 6.54 Å². The van der Waals surface area contributed by atoms with E-state index < -0.39 is 0 Å². The number of ketones is 1. The number of anilines is 1. The summed E-state index contributed by atoms with van der Waals surface area (Å²) in [6.07, 6.45) is 0. The maximum Gasteiger partial charge on any atom is 0.176 e. The first-order valence-corrected chi connectivity index (χ1v) is 5.92. The van der Waals surface area contributed by atoms with Crippen LogP contribution in [0.2, 0.25) is 0 Å². The van der Waals surface area contributed by atoms with E-state index >= 15 is 0 Å². The van der Waals surface area contributed by atoms with Crippen molar-refractivity contribution in [2.45, 2.75) is 0 Å². The molecule has 0 aliphatic carbocycles. The molecule has 1 aromatic carbocycles. The molecule has 92 valence electrons. The topological polar surface area (TPSA) is 41.6 Å². The number of Topliss-reactive ketones (excluding diaryl/α,β-unsaturated/α-hetero) is 1. The number of carbonyl (C=O) groups is 1. The molecule has 4 nitrogen and oxygen atoms in total. The third-order valence-corrected chi connectivity index (χ3v) is 2.90. The number of nitrogens with one attached hydrogen (secondary N) is 1. The van der Waals surface area contributed by atoms with Crippen LogP contribution in [0.3, 0.4) is 0 Å². The fourth-order valence-corrected chi connectivity index (χ4v) is 1.94. The van der Waals surface area contributed by atoms with Gasteiger partial charge in [-0.05, 0) is 31.3 Å². The summed E-state index contributed by atoms with van der Waals surface area (Å²) in [4.78, 5) is 13.9. The maximum atomic E-state index is 11.6. The highest BCUT2D eigenvalue weighted by Gasteiger charge is 2.11. The Morgan fingerprint density at radius 3 is 2.53 bits per heavy atom. The molecular formula is C13H18N2O2. The van der Waals surface area contributed by atoms with Crippen molar-refractivity contribution >= 4 is 11.5 Å². The SMILES string of the molecule is CNCC(=O)c1ccc(N2CCOCC2)cc1. The molecule has 1 saturated heterocycles. The van der Waals surface area contributed by atoms with E-state index in [1.54, 1.807) is 7.05 Å². The van der Waals surface area contributed by atoms with Crippen LogP contribution in [-0.4, -0.2) is 45.7 Å². The number of carbonyl (C=O) groups excluding carboxylic acids is 1. The molecule has 1 N–H and O–H groups in total. The molecule has 1 aromatic rings. The molecule has 2 rings (SSSR count). The molecule has 0 unspecified atom stereocenters. The van der Waals surface area contributed by atoms with Gasteiger partial charge in [0.05, 0.1) is 19.8 Å². The Bertz CT molecular complexity index is 370. The van der Waals surface area contributed by atoms with Crippen molar-refractivity contribution in [1.29, 1.82) is 0 Å². The maximum absolute atomic E-state index is 11.6. The largest absolute Gasteiger partial charge is 0.378 e. The number of benzene rings is 1. The number of hydrogen-bond acceptors (Lipinski definition) is 4. The van der Waals surface area contributed by atoms with Crippen LogP contribution in [0, 0.1) is 0 Å². The number of ether oxygens (including phenoxy) is 1. The molecule has 1 aliphatic rings. The predicted molar refractivity (Wildman–Crippen MR) is 67.7 cm³/mol. The Morgan fingerprint density at radius 2 is 1.94 bits per heavy atom. The summed E-state index contributed by atoms with van der Waals surface area (Å²) in [6.45, 7) is 3.78. The highest BCUT2D eigenvalue weighted by molar-refractivity contribution is 5.97. The summed E-state index contributed by atoms with van der Waals surface area (Å²) in [6, 6.07) is 7.80. The van der Waals surface area contributed by atoms with E-state index in [1.165, 1.54) is 0 Å². The van der Waals surface area contributed by atoms with E-state index in [0.717, 1.165) is 37.6 Å². The number of nitrogens with zero attached hydrogens (tertiary/aromatic N) is 1. The number of hydrogen-bond donors (Lipinski definition) is 1. The molecule has 0 radical (unpaired) electrons. The Hall–Kier alpha value is -1.39. The monoisotopic (exact) mass is 234 g/mol. The van der Waals surface area contributed by atoms with Gasteiger partial charge in [0.15, 0.2) is 5.78 Å².